The van der Waals surface area contributed by atoms with Crippen molar-refractivity contribution < 1.29 is 4.74 Å². The van der Waals surface area contributed by atoms with Crippen molar-refractivity contribution >= 4 is 0 Å². The van der Waals surface area contributed by atoms with E-state index in [1.807, 2.05) is 0 Å². The first-order valence-corrected chi connectivity index (χ1v) is 5.69. The second kappa shape index (κ2) is 5.69. The zero-order valence-electron chi connectivity index (χ0n) is 9.70. The van der Waals surface area contributed by atoms with Gasteiger partial charge in [-0.2, -0.15) is 0 Å². The molecule has 3 heteroatoms. The molecule has 0 spiro atoms. The Hall–Kier alpha value is -0.120. The Labute approximate surface area is 87.6 Å². The molecule has 2 N–H and O–H groups in total. The third-order valence-electron chi connectivity index (χ3n) is 2.84. The summed E-state index contributed by atoms with van der Waals surface area (Å²) < 4.78 is 5.68. The smallest absolute Gasteiger partial charge is 0.0678 e. The number of ether oxygens (including phenoxy) is 1. The molecular formula is C11H24N2O. The summed E-state index contributed by atoms with van der Waals surface area (Å²) in [5, 5.41) is 0. The van der Waals surface area contributed by atoms with E-state index in [2.05, 4.69) is 25.7 Å². The Morgan fingerprint density at radius 1 is 1.36 bits per heavy atom. The highest BCUT2D eigenvalue weighted by atomic mass is 16.5. The van der Waals surface area contributed by atoms with Gasteiger partial charge in [-0.3, -0.25) is 4.90 Å². The lowest BCUT2D eigenvalue weighted by Gasteiger charge is -2.35. The topological polar surface area (TPSA) is 38.5 Å². The summed E-state index contributed by atoms with van der Waals surface area (Å²) in [7, 11) is 0. The molecule has 1 saturated heterocycles. The van der Waals surface area contributed by atoms with Crippen LogP contribution in [0, 0.1) is 5.92 Å². The minimum Gasteiger partial charge on any atom is -0.373 e. The molecule has 3 atom stereocenters. The molecule has 1 unspecified atom stereocenters. The van der Waals surface area contributed by atoms with Crippen LogP contribution in [0.5, 0.6) is 0 Å². The molecule has 1 fully saturated rings. The van der Waals surface area contributed by atoms with E-state index < -0.39 is 0 Å². The van der Waals surface area contributed by atoms with Gasteiger partial charge in [0, 0.05) is 13.1 Å². The fraction of sp³-hybridized carbons (Fsp3) is 1.00. The Kier molecular flexibility index (Phi) is 4.85. The molecule has 0 aromatic carbocycles. The average Bonchev–Trinajstić information content (AvgIpc) is 2.12. The minimum absolute atomic E-state index is 0.381. The monoisotopic (exact) mass is 200 g/mol. The zero-order chi connectivity index (χ0) is 10.6. The van der Waals surface area contributed by atoms with Crippen molar-refractivity contribution in [1.29, 1.82) is 0 Å². The first-order valence-electron chi connectivity index (χ1n) is 5.69. The van der Waals surface area contributed by atoms with Crippen LogP contribution >= 0.6 is 0 Å². The van der Waals surface area contributed by atoms with Crippen molar-refractivity contribution in [2.24, 2.45) is 11.7 Å². The number of nitrogens with two attached hydrogens (primary N) is 1. The van der Waals surface area contributed by atoms with E-state index in [-0.39, 0.29) is 0 Å². The highest BCUT2D eigenvalue weighted by Crippen LogP contribution is 2.12. The van der Waals surface area contributed by atoms with Crippen molar-refractivity contribution in [3.8, 4) is 0 Å². The van der Waals surface area contributed by atoms with Gasteiger partial charge < -0.3 is 10.5 Å². The van der Waals surface area contributed by atoms with Gasteiger partial charge in [0.2, 0.25) is 0 Å². The number of nitrogens with zero attached hydrogens (tertiary/aromatic N) is 1. The average molecular weight is 200 g/mol. The van der Waals surface area contributed by atoms with Gasteiger partial charge in [0.1, 0.15) is 0 Å². The molecule has 84 valence electrons. The summed E-state index contributed by atoms with van der Waals surface area (Å²) in [6, 6.07) is 0. The van der Waals surface area contributed by atoms with Crippen molar-refractivity contribution in [3.05, 3.63) is 0 Å². The van der Waals surface area contributed by atoms with E-state index in [1.54, 1.807) is 0 Å². The van der Waals surface area contributed by atoms with E-state index >= 15 is 0 Å². The minimum atomic E-state index is 0.381. The summed E-state index contributed by atoms with van der Waals surface area (Å²) in [6.45, 7) is 10.6. The van der Waals surface area contributed by atoms with Gasteiger partial charge in [-0.15, -0.1) is 0 Å². The lowest BCUT2D eigenvalue weighted by Crippen LogP contribution is -2.46. The molecule has 1 rings (SSSR count). The summed E-state index contributed by atoms with van der Waals surface area (Å²) in [4.78, 5) is 2.49. The SMILES string of the molecule is CC(CN)CCN1C[C@@H](C)O[C@@H](C)C1. The third-order valence-corrected chi connectivity index (χ3v) is 2.84. The maximum atomic E-state index is 5.68. The predicted molar refractivity (Wildman–Crippen MR) is 59.3 cm³/mol. The standard InChI is InChI=1S/C11H24N2O/c1-9(6-12)4-5-13-7-10(2)14-11(3)8-13/h9-11H,4-8,12H2,1-3H3/t9?,10-,11+. The van der Waals surface area contributed by atoms with E-state index in [0.29, 0.717) is 18.1 Å². The van der Waals surface area contributed by atoms with Crippen LogP contribution in [-0.4, -0.2) is 43.3 Å². The van der Waals surface area contributed by atoms with Gasteiger partial charge in [0.05, 0.1) is 12.2 Å². The van der Waals surface area contributed by atoms with Crippen LogP contribution in [0.2, 0.25) is 0 Å². The van der Waals surface area contributed by atoms with Gasteiger partial charge in [0.15, 0.2) is 0 Å². The third kappa shape index (κ3) is 3.95. The Bertz CT molecular complexity index is 153. The molecular weight excluding hydrogens is 176 g/mol. The van der Waals surface area contributed by atoms with Crippen LogP contribution in [0.15, 0.2) is 0 Å². The van der Waals surface area contributed by atoms with Gasteiger partial charge in [0.25, 0.3) is 0 Å². The van der Waals surface area contributed by atoms with Crippen molar-refractivity contribution in [2.45, 2.75) is 39.4 Å². The lowest BCUT2D eigenvalue weighted by atomic mass is 10.1. The first-order chi connectivity index (χ1) is 6.61. The highest BCUT2D eigenvalue weighted by Gasteiger charge is 2.21. The van der Waals surface area contributed by atoms with Crippen molar-refractivity contribution in [1.82, 2.24) is 4.90 Å². The number of rotatable bonds is 4. The van der Waals surface area contributed by atoms with Gasteiger partial charge in [-0.1, -0.05) is 6.92 Å². The molecule has 0 saturated carbocycles. The second-order valence-electron chi connectivity index (χ2n) is 4.65. The quantitative estimate of drug-likeness (QED) is 0.738. The van der Waals surface area contributed by atoms with E-state index in [9.17, 15) is 0 Å². The van der Waals surface area contributed by atoms with Crippen LogP contribution < -0.4 is 5.73 Å². The van der Waals surface area contributed by atoms with E-state index in [0.717, 1.165) is 26.2 Å². The highest BCUT2D eigenvalue weighted by molar-refractivity contribution is 4.73. The molecule has 0 amide bonds. The Balaban J connectivity index is 2.23. The maximum absolute atomic E-state index is 5.68. The molecule has 0 radical (unpaired) electrons. The summed E-state index contributed by atoms with van der Waals surface area (Å²) >= 11 is 0. The summed E-state index contributed by atoms with van der Waals surface area (Å²) in [6.07, 6.45) is 1.97. The molecule has 1 aliphatic rings. The molecule has 3 nitrogen and oxygen atoms in total. The molecule has 0 aromatic heterocycles. The van der Waals surface area contributed by atoms with Crippen LogP contribution in [-0.2, 0) is 4.74 Å². The van der Waals surface area contributed by atoms with Crippen LogP contribution in [0.25, 0.3) is 0 Å². The van der Waals surface area contributed by atoms with Gasteiger partial charge >= 0.3 is 0 Å². The number of hydrogen-bond donors (Lipinski definition) is 1. The second-order valence-corrected chi connectivity index (χ2v) is 4.65. The first kappa shape index (κ1) is 12.0. The van der Waals surface area contributed by atoms with Crippen molar-refractivity contribution in [2.75, 3.05) is 26.2 Å². The summed E-state index contributed by atoms with van der Waals surface area (Å²) in [5.74, 6) is 0.642. The molecule has 1 heterocycles. The Morgan fingerprint density at radius 3 is 2.43 bits per heavy atom. The van der Waals surface area contributed by atoms with Crippen LogP contribution in [0.3, 0.4) is 0 Å². The molecule has 1 aliphatic heterocycles. The maximum Gasteiger partial charge on any atom is 0.0678 e. The molecule has 0 aliphatic carbocycles. The fourth-order valence-electron chi connectivity index (χ4n) is 1.99. The van der Waals surface area contributed by atoms with Gasteiger partial charge in [-0.05, 0) is 39.3 Å². The Morgan fingerprint density at radius 2 is 1.93 bits per heavy atom. The van der Waals surface area contributed by atoms with Gasteiger partial charge in [-0.25, -0.2) is 0 Å². The number of morpholine rings is 1. The van der Waals surface area contributed by atoms with Crippen LogP contribution in [0.4, 0.5) is 0 Å². The summed E-state index contributed by atoms with van der Waals surface area (Å²) in [5.41, 5.74) is 5.60. The fourth-order valence-corrected chi connectivity index (χ4v) is 1.99. The van der Waals surface area contributed by atoms with E-state index in [4.69, 9.17) is 10.5 Å². The molecule has 14 heavy (non-hydrogen) atoms. The van der Waals surface area contributed by atoms with Crippen molar-refractivity contribution in [3.63, 3.8) is 0 Å². The van der Waals surface area contributed by atoms with E-state index in [1.165, 1.54) is 6.42 Å². The largest absolute Gasteiger partial charge is 0.373 e. The normalized spacial score (nSPS) is 31.7. The zero-order valence-corrected chi connectivity index (χ0v) is 9.70. The predicted octanol–water partition coefficient (Wildman–Crippen LogP) is 1.08. The molecule has 0 bridgehead atoms. The lowest BCUT2D eigenvalue weighted by molar-refractivity contribution is -0.0687. The van der Waals surface area contributed by atoms with Crippen LogP contribution in [0.1, 0.15) is 27.2 Å². The number of hydrogen-bond acceptors (Lipinski definition) is 3. The molecule has 0 aromatic rings.